The average Bonchev–Trinajstić information content (AvgIpc) is 2.14. The number of esters is 2. The zero-order chi connectivity index (χ0) is 11.4. The van der Waals surface area contributed by atoms with E-state index in [0.717, 1.165) is 0 Å². The van der Waals surface area contributed by atoms with Crippen molar-refractivity contribution in [3.05, 3.63) is 11.6 Å². The number of hydrogen-bond donors (Lipinski definition) is 1. The first-order valence-electron chi connectivity index (χ1n) is 4.67. The summed E-state index contributed by atoms with van der Waals surface area (Å²) in [5, 5.41) is 9.43. The van der Waals surface area contributed by atoms with Gasteiger partial charge in [-0.25, -0.2) is 4.79 Å². The predicted octanol–water partition coefficient (Wildman–Crippen LogP) is 0.172. The molecule has 1 N–H and O–H groups in total. The molecule has 5 nitrogen and oxygen atoms in total. The summed E-state index contributed by atoms with van der Waals surface area (Å²) in [5.74, 6) is -0.913. The van der Waals surface area contributed by atoms with E-state index in [9.17, 15) is 14.7 Å². The molecule has 2 atom stereocenters. The summed E-state index contributed by atoms with van der Waals surface area (Å²) in [6.45, 7) is 1.29. The van der Waals surface area contributed by atoms with Crippen LogP contribution >= 0.6 is 0 Å². The van der Waals surface area contributed by atoms with Gasteiger partial charge in [0.05, 0.1) is 13.2 Å². The van der Waals surface area contributed by atoms with Gasteiger partial charge in [-0.2, -0.15) is 0 Å². The van der Waals surface area contributed by atoms with Gasteiger partial charge in [0.2, 0.25) is 0 Å². The summed E-state index contributed by atoms with van der Waals surface area (Å²) in [7, 11) is 1.27. The molecule has 0 aromatic rings. The Kier molecular flexibility index (Phi) is 3.85. The van der Waals surface area contributed by atoms with Crippen molar-refractivity contribution in [2.24, 2.45) is 0 Å². The molecule has 0 bridgehead atoms. The summed E-state index contributed by atoms with van der Waals surface area (Å²) in [6, 6.07) is 0. The van der Waals surface area contributed by atoms with E-state index in [0.29, 0.717) is 18.4 Å². The van der Waals surface area contributed by atoms with Gasteiger partial charge in [0.1, 0.15) is 6.10 Å². The van der Waals surface area contributed by atoms with E-state index in [4.69, 9.17) is 4.74 Å². The van der Waals surface area contributed by atoms with Crippen molar-refractivity contribution in [1.82, 2.24) is 0 Å². The minimum Gasteiger partial charge on any atom is -0.466 e. The van der Waals surface area contributed by atoms with E-state index in [1.807, 2.05) is 0 Å². The number of hydrogen-bond acceptors (Lipinski definition) is 5. The Morgan fingerprint density at radius 3 is 2.73 bits per heavy atom. The molecule has 0 aliphatic heterocycles. The lowest BCUT2D eigenvalue weighted by Gasteiger charge is -2.24. The summed E-state index contributed by atoms with van der Waals surface area (Å²) < 4.78 is 9.47. The number of aliphatic hydroxyl groups excluding tert-OH is 1. The van der Waals surface area contributed by atoms with Crippen molar-refractivity contribution in [1.29, 1.82) is 0 Å². The number of aliphatic hydroxyl groups is 1. The normalized spacial score (nSPS) is 25.4. The van der Waals surface area contributed by atoms with Crippen LogP contribution in [0.3, 0.4) is 0 Å². The number of methoxy groups -OCH3 is 1. The van der Waals surface area contributed by atoms with Gasteiger partial charge in [-0.1, -0.05) is 0 Å². The fourth-order valence-corrected chi connectivity index (χ4v) is 1.57. The van der Waals surface area contributed by atoms with Gasteiger partial charge < -0.3 is 14.6 Å². The third-order valence-corrected chi connectivity index (χ3v) is 2.13. The minimum atomic E-state index is -0.766. The van der Waals surface area contributed by atoms with Gasteiger partial charge in [0.15, 0.2) is 0 Å². The van der Waals surface area contributed by atoms with Crippen LogP contribution in [0.1, 0.15) is 19.8 Å². The molecular formula is C10H14O5. The van der Waals surface area contributed by atoms with Crippen molar-refractivity contribution in [2.45, 2.75) is 32.0 Å². The van der Waals surface area contributed by atoms with E-state index in [2.05, 4.69) is 4.74 Å². The van der Waals surface area contributed by atoms with E-state index >= 15 is 0 Å². The number of carbonyl (C=O) groups is 2. The fraction of sp³-hybridized carbons (Fsp3) is 0.600. The zero-order valence-corrected chi connectivity index (χ0v) is 8.73. The van der Waals surface area contributed by atoms with Crippen molar-refractivity contribution in [3.63, 3.8) is 0 Å². The van der Waals surface area contributed by atoms with Crippen molar-refractivity contribution >= 4 is 11.9 Å². The van der Waals surface area contributed by atoms with Crippen LogP contribution in [0.15, 0.2) is 11.6 Å². The lowest BCUT2D eigenvalue weighted by molar-refractivity contribution is -0.149. The molecule has 1 aliphatic carbocycles. The molecule has 0 saturated carbocycles. The van der Waals surface area contributed by atoms with Gasteiger partial charge in [-0.05, 0) is 6.08 Å². The third-order valence-electron chi connectivity index (χ3n) is 2.13. The lowest BCUT2D eigenvalue weighted by atomic mass is 9.95. The number of rotatable bonds is 2. The quantitative estimate of drug-likeness (QED) is 0.663. The van der Waals surface area contributed by atoms with E-state index < -0.39 is 24.1 Å². The zero-order valence-electron chi connectivity index (χ0n) is 8.73. The first kappa shape index (κ1) is 11.7. The van der Waals surface area contributed by atoms with Crippen molar-refractivity contribution in [3.8, 4) is 0 Å². The Balaban J connectivity index is 2.67. The maximum absolute atomic E-state index is 11.2. The molecule has 0 fully saturated rings. The predicted molar refractivity (Wildman–Crippen MR) is 50.9 cm³/mol. The van der Waals surface area contributed by atoms with Crippen molar-refractivity contribution in [2.75, 3.05) is 7.11 Å². The Morgan fingerprint density at radius 1 is 1.53 bits per heavy atom. The number of carbonyl (C=O) groups excluding carboxylic acids is 2. The van der Waals surface area contributed by atoms with Crippen LogP contribution in [-0.2, 0) is 19.1 Å². The van der Waals surface area contributed by atoms with Crippen LogP contribution in [0, 0.1) is 0 Å². The molecule has 5 heteroatoms. The summed E-state index contributed by atoms with van der Waals surface area (Å²) >= 11 is 0. The van der Waals surface area contributed by atoms with Crippen LogP contribution in [0.4, 0.5) is 0 Å². The Hall–Kier alpha value is -1.36. The van der Waals surface area contributed by atoms with Gasteiger partial charge in [-0.3, -0.25) is 4.79 Å². The maximum atomic E-state index is 11.2. The molecular weight excluding hydrogens is 200 g/mol. The van der Waals surface area contributed by atoms with Crippen molar-refractivity contribution < 1.29 is 24.2 Å². The molecule has 0 aromatic carbocycles. The molecule has 0 heterocycles. The Morgan fingerprint density at radius 2 is 2.20 bits per heavy atom. The van der Waals surface area contributed by atoms with Gasteiger partial charge >= 0.3 is 11.9 Å². The van der Waals surface area contributed by atoms with E-state index in [-0.39, 0.29) is 0 Å². The standard InChI is InChI=1S/C10H14O5/c1-6(11)15-9-4-7(10(13)14-2)3-8(12)5-9/h3,8-9,12H,4-5H2,1-2H3/t8-,9-/m1/s1. The van der Waals surface area contributed by atoms with Gasteiger partial charge in [-0.15, -0.1) is 0 Å². The molecule has 0 spiro atoms. The average molecular weight is 214 g/mol. The van der Waals surface area contributed by atoms with E-state index in [1.54, 1.807) is 0 Å². The highest BCUT2D eigenvalue weighted by Crippen LogP contribution is 2.22. The molecule has 1 rings (SSSR count). The highest BCUT2D eigenvalue weighted by atomic mass is 16.5. The topological polar surface area (TPSA) is 72.8 Å². The fourth-order valence-electron chi connectivity index (χ4n) is 1.57. The number of ether oxygens (including phenoxy) is 2. The maximum Gasteiger partial charge on any atom is 0.333 e. The Labute approximate surface area is 87.7 Å². The van der Waals surface area contributed by atoms with Crippen LogP contribution in [0.25, 0.3) is 0 Å². The second-order valence-corrected chi connectivity index (χ2v) is 3.42. The Bertz CT molecular complexity index is 294. The van der Waals surface area contributed by atoms with Gasteiger partial charge in [0, 0.05) is 25.3 Å². The SMILES string of the molecule is COC(=O)C1=C[C@@H](O)C[C@H](OC(C)=O)C1. The molecule has 15 heavy (non-hydrogen) atoms. The monoisotopic (exact) mass is 214 g/mol. The molecule has 0 radical (unpaired) electrons. The minimum absolute atomic E-state index is 0.295. The van der Waals surface area contributed by atoms with Crippen LogP contribution < -0.4 is 0 Å². The largest absolute Gasteiger partial charge is 0.466 e. The lowest BCUT2D eigenvalue weighted by Crippen LogP contribution is -2.29. The second-order valence-electron chi connectivity index (χ2n) is 3.42. The molecule has 0 unspecified atom stereocenters. The van der Waals surface area contributed by atoms with Crippen LogP contribution in [0.5, 0.6) is 0 Å². The first-order valence-corrected chi connectivity index (χ1v) is 4.67. The van der Waals surface area contributed by atoms with E-state index in [1.165, 1.54) is 20.1 Å². The highest BCUT2D eigenvalue weighted by molar-refractivity contribution is 5.88. The molecule has 0 saturated heterocycles. The van der Waals surface area contributed by atoms with Crippen LogP contribution in [0.2, 0.25) is 0 Å². The molecule has 84 valence electrons. The van der Waals surface area contributed by atoms with Gasteiger partial charge in [0.25, 0.3) is 0 Å². The summed E-state index contributed by atoms with van der Waals surface area (Å²) in [4.78, 5) is 21.9. The summed E-state index contributed by atoms with van der Waals surface area (Å²) in [5.41, 5.74) is 0.350. The summed E-state index contributed by atoms with van der Waals surface area (Å²) in [6.07, 6.45) is 0.837. The molecule has 0 aromatic heterocycles. The second kappa shape index (κ2) is 4.93. The smallest absolute Gasteiger partial charge is 0.333 e. The first-order chi connectivity index (χ1) is 7.02. The molecule has 0 amide bonds. The third kappa shape index (κ3) is 3.36. The molecule has 1 aliphatic rings. The highest BCUT2D eigenvalue weighted by Gasteiger charge is 2.26. The van der Waals surface area contributed by atoms with Crippen LogP contribution in [-0.4, -0.2) is 36.4 Å².